The molecule has 2 aliphatic heterocycles. The van der Waals surface area contributed by atoms with E-state index in [2.05, 4.69) is 5.32 Å². The second kappa shape index (κ2) is 8.04. The molecule has 1 N–H and O–H groups in total. The van der Waals surface area contributed by atoms with E-state index in [0.717, 1.165) is 46.8 Å². The number of anilines is 3. The van der Waals surface area contributed by atoms with E-state index in [9.17, 15) is 14.4 Å². The quantitative estimate of drug-likeness (QED) is 0.727. The van der Waals surface area contributed by atoms with Gasteiger partial charge in [-0.3, -0.25) is 14.4 Å². The lowest BCUT2D eigenvalue weighted by molar-refractivity contribution is -0.122. The van der Waals surface area contributed by atoms with Crippen LogP contribution in [-0.2, 0) is 20.8 Å². The molecule has 1 aliphatic carbocycles. The average molecular weight is 436 g/mol. The Bertz CT molecular complexity index is 1070. The van der Waals surface area contributed by atoms with Crippen molar-refractivity contribution in [2.75, 3.05) is 34.5 Å². The van der Waals surface area contributed by atoms with Crippen LogP contribution in [0.5, 0.6) is 0 Å². The van der Waals surface area contributed by atoms with Gasteiger partial charge in [0, 0.05) is 41.7 Å². The Morgan fingerprint density at radius 1 is 1.10 bits per heavy atom. The number of carbonyl (C=O) groups excluding carboxylic acids is 3. The van der Waals surface area contributed by atoms with Gasteiger partial charge in [-0.25, -0.2) is 0 Å². The molecule has 0 bridgehead atoms. The molecule has 1 unspecified atom stereocenters. The van der Waals surface area contributed by atoms with Crippen molar-refractivity contribution in [3.05, 3.63) is 48.0 Å². The van der Waals surface area contributed by atoms with Gasteiger partial charge in [-0.1, -0.05) is 12.1 Å². The summed E-state index contributed by atoms with van der Waals surface area (Å²) in [5.74, 6) is -0.127. The second-order valence-electron chi connectivity index (χ2n) is 8.42. The van der Waals surface area contributed by atoms with Crippen molar-refractivity contribution < 1.29 is 14.4 Å². The highest BCUT2D eigenvalue weighted by atomic mass is 32.2. The minimum atomic E-state index is -0.386. The monoisotopic (exact) mass is 435 g/mol. The number of thioether (sulfide) groups is 1. The van der Waals surface area contributed by atoms with Crippen LogP contribution >= 0.6 is 11.8 Å². The maximum Gasteiger partial charge on any atom is 0.230 e. The number of carbonyl (C=O) groups is 3. The maximum atomic E-state index is 12.8. The summed E-state index contributed by atoms with van der Waals surface area (Å²) in [7, 11) is 0. The highest BCUT2D eigenvalue weighted by Gasteiger charge is 2.38. The normalized spacial score (nSPS) is 20.2. The molecule has 1 saturated carbocycles. The molecule has 0 radical (unpaired) electrons. The van der Waals surface area contributed by atoms with E-state index in [1.165, 1.54) is 0 Å². The van der Waals surface area contributed by atoms with Gasteiger partial charge >= 0.3 is 0 Å². The zero-order valence-electron chi connectivity index (χ0n) is 17.5. The number of hydrogen-bond donors (Lipinski definition) is 1. The van der Waals surface area contributed by atoms with Gasteiger partial charge in [0.2, 0.25) is 17.7 Å². The van der Waals surface area contributed by atoms with E-state index >= 15 is 0 Å². The molecule has 3 amide bonds. The number of rotatable bonds is 5. The Hall–Kier alpha value is -2.80. The number of hydrogen-bond acceptors (Lipinski definition) is 4. The van der Waals surface area contributed by atoms with Crippen LogP contribution in [0.3, 0.4) is 0 Å². The molecular weight excluding hydrogens is 410 g/mol. The SMILES string of the molecule is CSc1ccccc1NC(=O)C1CC(=O)N(c2ccc3c(c2)CCN3C(=O)C2CC2)C1. The molecular formula is C24H25N3O3S. The lowest BCUT2D eigenvalue weighted by atomic mass is 10.1. The fourth-order valence-electron chi connectivity index (χ4n) is 4.45. The highest BCUT2D eigenvalue weighted by Crippen LogP contribution is 2.38. The Morgan fingerprint density at radius 2 is 1.90 bits per heavy atom. The van der Waals surface area contributed by atoms with Gasteiger partial charge in [0.25, 0.3) is 0 Å². The van der Waals surface area contributed by atoms with Crippen molar-refractivity contribution in [3.8, 4) is 0 Å². The molecule has 0 aromatic heterocycles. The van der Waals surface area contributed by atoms with E-state index in [1.807, 2.05) is 53.6 Å². The van der Waals surface area contributed by atoms with Gasteiger partial charge < -0.3 is 15.1 Å². The molecule has 2 aromatic carbocycles. The Labute approximate surface area is 186 Å². The first-order valence-corrected chi connectivity index (χ1v) is 12.0. The van der Waals surface area contributed by atoms with Crippen molar-refractivity contribution in [3.63, 3.8) is 0 Å². The van der Waals surface area contributed by atoms with Crippen molar-refractivity contribution in [1.82, 2.24) is 0 Å². The number of nitrogens with zero attached hydrogens (tertiary/aromatic N) is 2. The molecule has 160 valence electrons. The molecule has 7 heteroatoms. The van der Waals surface area contributed by atoms with Crippen molar-refractivity contribution in [2.24, 2.45) is 11.8 Å². The molecule has 0 spiro atoms. The lowest BCUT2D eigenvalue weighted by Gasteiger charge is -2.20. The predicted octanol–water partition coefficient (Wildman–Crippen LogP) is 3.70. The summed E-state index contributed by atoms with van der Waals surface area (Å²) in [5, 5.41) is 2.99. The van der Waals surface area contributed by atoms with E-state index in [0.29, 0.717) is 13.1 Å². The van der Waals surface area contributed by atoms with Crippen LogP contribution in [0.25, 0.3) is 0 Å². The molecule has 31 heavy (non-hydrogen) atoms. The number of para-hydroxylation sites is 1. The van der Waals surface area contributed by atoms with E-state index < -0.39 is 0 Å². The lowest BCUT2D eigenvalue weighted by Crippen LogP contribution is -2.30. The number of fused-ring (bicyclic) bond motifs is 1. The summed E-state index contributed by atoms with van der Waals surface area (Å²) < 4.78 is 0. The van der Waals surface area contributed by atoms with Crippen molar-refractivity contribution >= 4 is 46.5 Å². The summed E-state index contributed by atoms with van der Waals surface area (Å²) in [6, 6.07) is 13.5. The second-order valence-corrected chi connectivity index (χ2v) is 9.27. The Morgan fingerprint density at radius 3 is 2.68 bits per heavy atom. The third kappa shape index (κ3) is 3.82. The van der Waals surface area contributed by atoms with Crippen LogP contribution in [0.15, 0.2) is 47.4 Å². The Kier molecular flexibility index (Phi) is 5.22. The van der Waals surface area contributed by atoms with Gasteiger partial charge in [-0.2, -0.15) is 0 Å². The van der Waals surface area contributed by atoms with Crippen LogP contribution < -0.4 is 15.1 Å². The smallest absolute Gasteiger partial charge is 0.230 e. The third-order valence-electron chi connectivity index (χ3n) is 6.32. The number of amides is 3. The van der Waals surface area contributed by atoms with E-state index in [1.54, 1.807) is 16.7 Å². The van der Waals surface area contributed by atoms with Crippen LogP contribution in [-0.4, -0.2) is 37.1 Å². The molecule has 2 heterocycles. The maximum absolute atomic E-state index is 12.8. The van der Waals surface area contributed by atoms with E-state index in [-0.39, 0.29) is 36.0 Å². The van der Waals surface area contributed by atoms with Gasteiger partial charge in [-0.05, 0) is 61.4 Å². The summed E-state index contributed by atoms with van der Waals surface area (Å²) in [5.41, 5.74) is 3.66. The molecule has 2 aromatic rings. The summed E-state index contributed by atoms with van der Waals surface area (Å²) in [4.78, 5) is 42.6. The third-order valence-corrected chi connectivity index (χ3v) is 7.12. The van der Waals surface area contributed by atoms with Crippen LogP contribution in [0.2, 0.25) is 0 Å². The minimum absolute atomic E-state index is 0.0397. The van der Waals surface area contributed by atoms with Gasteiger partial charge in [-0.15, -0.1) is 11.8 Å². The highest BCUT2D eigenvalue weighted by molar-refractivity contribution is 7.98. The zero-order valence-corrected chi connectivity index (χ0v) is 18.3. The number of nitrogens with one attached hydrogen (secondary N) is 1. The molecule has 2 fully saturated rings. The first-order valence-electron chi connectivity index (χ1n) is 10.7. The average Bonchev–Trinajstić information content (AvgIpc) is 3.43. The van der Waals surface area contributed by atoms with Crippen molar-refractivity contribution in [2.45, 2.75) is 30.6 Å². The first-order chi connectivity index (χ1) is 15.0. The minimum Gasteiger partial charge on any atom is -0.325 e. The summed E-state index contributed by atoms with van der Waals surface area (Å²) in [6.07, 6.45) is 4.97. The van der Waals surface area contributed by atoms with Crippen molar-refractivity contribution in [1.29, 1.82) is 0 Å². The summed E-state index contributed by atoms with van der Waals surface area (Å²) >= 11 is 1.58. The Balaban J connectivity index is 1.29. The van der Waals surface area contributed by atoms with Gasteiger partial charge in [0.1, 0.15) is 0 Å². The molecule has 6 nitrogen and oxygen atoms in total. The molecule has 1 saturated heterocycles. The standard InChI is InChI=1S/C24H25N3O3S/c1-31-21-5-3-2-4-19(21)25-23(29)17-13-22(28)27(14-17)18-8-9-20-16(12-18)10-11-26(20)24(30)15-6-7-15/h2-5,8-9,12,15,17H,6-7,10-11,13-14H2,1H3,(H,25,29). The summed E-state index contributed by atoms with van der Waals surface area (Å²) in [6.45, 7) is 1.08. The fraction of sp³-hybridized carbons (Fsp3) is 0.375. The number of benzene rings is 2. The molecule has 3 aliphatic rings. The van der Waals surface area contributed by atoms with Crippen LogP contribution in [0, 0.1) is 11.8 Å². The van der Waals surface area contributed by atoms with Crippen LogP contribution in [0.1, 0.15) is 24.8 Å². The first kappa shape index (κ1) is 20.1. The largest absolute Gasteiger partial charge is 0.325 e. The van der Waals surface area contributed by atoms with Gasteiger partial charge in [0.05, 0.1) is 11.6 Å². The van der Waals surface area contributed by atoms with Gasteiger partial charge in [0.15, 0.2) is 0 Å². The molecule has 1 atom stereocenters. The predicted molar refractivity (Wildman–Crippen MR) is 123 cm³/mol. The van der Waals surface area contributed by atoms with E-state index in [4.69, 9.17) is 0 Å². The fourth-order valence-corrected chi connectivity index (χ4v) is 5.00. The molecule has 5 rings (SSSR count). The van der Waals surface area contributed by atoms with Crippen LogP contribution in [0.4, 0.5) is 17.1 Å². The zero-order chi connectivity index (χ0) is 21.5. The topological polar surface area (TPSA) is 69.7 Å².